The van der Waals surface area contributed by atoms with E-state index < -0.39 is 18.1 Å². The van der Waals surface area contributed by atoms with E-state index in [2.05, 4.69) is 10.5 Å². The highest BCUT2D eigenvalue weighted by Crippen LogP contribution is 2.33. The molecule has 0 bridgehead atoms. The average Bonchev–Trinajstić information content (AvgIpc) is 3.35. The van der Waals surface area contributed by atoms with Gasteiger partial charge in [-0.15, -0.1) is 0 Å². The number of nitrogens with zero attached hydrogens (tertiary/aromatic N) is 2. The predicted molar refractivity (Wildman–Crippen MR) is 127 cm³/mol. The summed E-state index contributed by atoms with van der Waals surface area (Å²) in [4.78, 5) is 28.3. The van der Waals surface area contributed by atoms with E-state index in [1.165, 1.54) is 4.90 Å². The van der Waals surface area contributed by atoms with Crippen LogP contribution in [0, 0.1) is 5.92 Å². The Kier molecular flexibility index (Phi) is 7.54. The Morgan fingerprint density at radius 1 is 1.21 bits per heavy atom. The molecule has 180 valence electrons. The van der Waals surface area contributed by atoms with Gasteiger partial charge in [0.25, 0.3) is 0 Å². The first kappa shape index (κ1) is 25.2. The third kappa shape index (κ3) is 5.76. The highest BCUT2D eigenvalue weighted by atomic mass is 35.5. The van der Waals surface area contributed by atoms with Crippen LogP contribution in [0.2, 0.25) is 5.02 Å². The van der Waals surface area contributed by atoms with Gasteiger partial charge in [-0.3, -0.25) is 9.59 Å². The van der Waals surface area contributed by atoms with E-state index in [-0.39, 0.29) is 42.2 Å². The molecule has 8 heteroatoms. The van der Waals surface area contributed by atoms with Gasteiger partial charge in [0.05, 0.1) is 17.8 Å². The van der Waals surface area contributed by atoms with Gasteiger partial charge in [-0.2, -0.15) is 0 Å². The Balaban J connectivity index is 1.80. The molecule has 2 amide bonds. The third-order valence-electron chi connectivity index (χ3n) is 6.13. The number of aromatic nitrogens is 1. The number of amides is 2. The minimum absolute atomic E-state index is 0.0762. The maximum atomic E-state index is 13.6. The lowest BCUT2D eigenvalue weighted by molar-refractivity contribution is -0.141. The van der Waals surface area contributed by atoms with Crippen molar-refractivity contribution in [3.8, 4) is 0 Å². The highest BCUT2D eigenvalue weighted by Gasteiger charge is 2.43. The number of β-amino-alcohol motifs (C(OH)–C–C–N with tert-alkyl or cyclic N) is 1. The Morgan fingerprint density at radius 2 is 1.85 bits per heavy atom. The molecule has 4 atom stereocenters. The van der Waals surface area contributed by atoms with Crippen molar-refractivity contribution in [2.45, 2.75) is 77.5 Å². The first-order chi connectivity index (χ1) is 15.4. The van der Waals surface area contributed by atoms with Crippen molar-refractivity contribution >= 4 is 23.4 Å². The summed E-state index contributed by atoms with van der Waals surface area (Å²) in [5.74, 6) is -0.721. The molecule has 33 heavy (non-hydrogen) atoms. The van der Waals surface area contributed by atoms with Crippen molar-refractivity contribution in [3.63, 3.8) is 0 Å². The van der Waals surface area contributed by atoms with E-state index in [4.69, 9.17) is 16.1 Å². The molecule has 2 N–H and O–H groups in total. The maximum absolute atomic E-state index is 13.6. The number of benzene rings is 1. The second-order valence-corrected chi connectivity index (χ2v) is 10.7. The molecular weight excluding hydrogens is 442 g/mol. The van der Waals surface area contributed by atoms with Gasteiger partial charge in [0.2, 0.25) is 11.8 Å². The normalized spacial score (nSPS) is 20.7. The van der Waals surface area contributed by atoms with Crippen LogP contribution >= 0.6 is 11.6 Å². The lowest BCUT2D eigenvalue weighted by Gasteiger charge is -2.29. The Bertz CT molecular complexity index is 980. The summed E-state index contributed by atoms with van der Waals surface area (Å²) in [6.07, 6.45) is -0.567. The van der Waals surface area contributed by atoms with E-state index in [0.717, 1.165) is 11.3 Å². The number of carbonyl (C=O) groups is 2. The fourth-order valence-corrected chi connectivity index (χ4v) is 4.28. The van der Waals surface area contributed by atoms with Crippen molar-refractivity contribution in [1.82, 2.24) is 15.4 Å². The molecule has 0 aliphatic carbocycles. The van der Waals surface area contributed by atoms with Gasteiger partial charge in [0.15, 0.2) is 0 Å². The van der Waals surface area contributed by atoms with E-state index in [9.17, 15) is 14.7 Å². The topological polar surface area (TPSA) is 95.7 Å². The van der Waals surface area contributed by atoms with Crippen molar-refractivity contribution < 1.29 is 19.2 Å². The lowest BCUT2D eigenvalue weighted by Crippen LogP contribution is -2.48. The zero-order valence-corrected chi connectivity index (χ0v) is 20.9. The van der Waals surface area contributed by atoms with Crippen LogP contribution in [0.15, 0.2) is 34.9 Å². The molecule has 1 aliphatic heterocycles. The molecule has 1 aliphatic rings. The first-order valence-corrected chi connectivity index (χ1v) is 11.8. The summed E-state index contributed by atoms with van der Waals surface area (Å²) in [6, 6.07) is 8.04. The van der Waals surface area contributed by atoms with Crippen LogP contribution < -0.4 is 5.32 Å². The standard InChI is InChI=1S/C25H34ClN3O4/c1-14(2)22(20-12-21(28-33-20)25(4,5)6)24(32)29-13-18(30)11-19(29)23(31)27-15(3)16-7-9-17(26)10-8-16/h7-10,12,14-15,18-19,22,30H,11,13H2,1-6H3,(H,27,31). The van der Waals surface area contributed by atoms with Gasteiger partial charge in [0.1, 0.15) is 17.7 Å². The summed E-state index contributed by atoms with van der Waals surface area (Å²) in [5.41, 5.74) is 1.46. The predicted octanol–water partition coefficient (Wildman–Crippen LogP) is 4.20. The molecule has 1 aromatic carbocycles. The van der Waals surface area contributed by atoms with Crippen LogP contribution in [-0.4, -0.2) is 45.7 Å². The number of aliphatic hydroxyl groups is 1. The molecule has 2 aromatic rings. The van der Waals surface area contributed by atoms with Crippen LogP contribution in [0.25, 0.3) is 0 Å². The van der Waals surface area contributed by atoms with Crippen molar-refractivity contribution in [2.24, 2.45) is 5.92 Å². The molecule has 2 heterocycles. The van der Waals surface area contributed by atoms with Crippen molar-refractivity contribution in [2.75, 3.05) is 6.54 Å². The summed E-state index contributed by atoms with van der Waals surface area (Å²) in [6.45, 7) is 11.9. The minimum atomic E-state index is -0.761. The quantitative estimate of drug-likeness (QED) is 0.652. The molecule has 7 nitrogen and oxygen atoms in total. The minimum Gasteiger partial charge on any atom is -0.391 e. The van der Waals surface area contributed by atoms with Gasteiger partial charge in [-0.25, -0.2) is 0 Å². The molecule has 0 saturated carbocycles. The fourth-order valence-electron chi connectivity index (χ4n) is 4.15. The molecule has 0 spiro atoms. The number of hydrogen-bond donors (Lipinski definition) is 2. The molecule has 1 aromatic heterocycles. The van der Waals surface area contributed by atoms with Gasteiger partial charge in [-0.1, -0.05) is 63.5 Å². The average molecular weight is 476 g/mol. The number of rotatable bonds is 6. The lowest BCUT2D eigenvalue weighted by atomic mass is 9.88. The van der Waals surface area contributed by atoms with Crippen LogP contribution in [0.5, 0.6) is 0 Å². The van der Waals surface area contributed by atoms with Crippen molar-refractivity contribution in [1.29, 1.82) is 0 Å². The molecule has 1 saturated heterocycles. The molecular formula is C25H34ClN3O4. The first-order valence-electron chi connectivity index (χ1n) is 11.4. The second kappa shape index (κ2) is 9.85. The summed E-state index contributed by atoms with van der Waals surface area (Å²) < 4.78 is 5.58. The second-order valence-electron chi connectivity index (χ2n) is 10.3. The van der Waals surface area contributed by atoms with Crippen LogP contribution in [0.1, 0.15) is 76.9 Å². The maximum Gasteiger partial charge on any atom is 0.243 e. The number of likely N-dealkylation sites (tertiary alicyclic amines) is 1. The molecule has 4 unspecified atom stereocenters. The molecule has 1 fully saturated rings. The van der Waals surface area contributed by atoms with Gasteiger partial charge >= 0.3 is 0 Å². The molecule has 3 rings (SSSR count). The van der Waals surface area contributed by atoms with Gasteiger partial charge in [0, 0.05) is 29.5 Å². The van der Waals surface area contributed by atoms with E-state index in [0.29, 0.717) is 10.8 Å². The summed E-state index contributed by atoms with van der Waals surface area (Å²) >= 11 is 5.96. The number of aliphatic hydroxyl groups excluding tert-OH is 1. The highest BCUT2D eigenvalue weighted by molar-refractivity contribution is 6.30. The summed E-state index contributed by atoms with van der Waals surface area (Å²) in [5, 5.41) is 18.1. The zero-order valence-electron chi connectivity index (χ0n) is 20.1. The largest absolute Gasteiger partial charge is 0.391 e. The Labute approximate surface area is 200 Å². The Morgan fingerprint density at radius 3 is 2.39 bits per heavy atom. The van der Waals surface area contributed by atoms with E-state index in [1.807, 2.05) is 59.7 Å². The number of nitrogens with one attached hydrogen (secondary N) is 1. The SMILES string of the molecule is CC(NC(=O)C1CC(O)CN1C(=O)C(c1cc(C(C)(C)C)no1)C(C)C)c1ccc(Cl)cc1. The number of halogens is 1. The Hall–Kier alpha value is -2.38. The number of carbonyl (C=O) groups excluding carboxylic acids is 2. The summed E-state index contributed by atoms with van der Waals surface area (Å²) in [7, 11) is 0. The van der Waals surface area contributed by atoms with E-state index >= 15 is 0 Å². The van der Waals surface area contributed by atoms with Crippen LogP contribution in [0.4, 0.5) is 0 Å². The molecule has 0 radical (unpaired) electrons. The number of hydrogen-bond acceptors (Lipinski definition) is 5. The van der Waals surface area contributed by atoms with Gasteiger partial charge in [-0.05, 0) is 30.5 Å². The van der Waals surface area contributed by atoms with Crippen LogP contribution in [0.3, 0.4) is 0 Å². The third-order valence-corrected chi connectivity index (χ3v) is 6.38. The fraction of sp³-hybridized carbons (Fsp3) is 0.560. The van der Waals surface area contributed by atoms with Crippen LogP contribution in [-0.2, 0) is 15.0 Å². The van der Waals surface area contributed by atoms with E-state index in [1.54, 1.807) is 12.1 Å². The smallest absolute Gasteiger partial charge is 0.243 e. The zero-order chi connectivity index (χ0) is 24.5. The monoisotopic (exact) mass is 475 g/mol. The van der Waals surface area contributed by atoms with Crippen molar-refractivity contribution in [3.05, 3.63) is 52.4 Å². The van der Waals surface area contributed by atoms with Gasteiger partial charge < -0.3 is 19.8 Å².